The zero-order valence-corrected chi connectivity index (χ0v) is 20.2. The zero-order chi connectivity index (χ0) is 24.5. The third kappa shape index (κ3) is 4.10. The average molecular weight is 482 g/mol. The van der Waals surface area contributed by atoms with Crippen LogP contribution in [0.25, 0.3) is 33.2 Å². The van der Waals surface area contributed by atoms with Gasteiger partial charge in [-0.05, 0) is 48.6 Å². The number of rotatable bonds is 6. The van der Waals surface area contributed by atoms with Crippen molar-refractivity contribution in [2.75, 3.05) is 42.8 Å². The number of piperidine rings is 1. The Morgan fingerprint density at radius 3 is 2.75 bits per heavy atom. The van der Waals surface area contributed by atoms with Crippen molar-refractivity contribution < 1.29 is 4.74 Å². The van der Waals surface area contributed by atoms with Gasteiger partial charge in [0, 0.05) is 49.0 Å². The van der Waals surface area contributed by atoms with Gasteiger partial charge in [-0.15, -0.1) is 0 Å². The van der Waals surface area contributed by atoms with Gasteiger partial charge in [0.1, 0.15) is 17.6 Å². The first kappa shape index (κ1) is 22.0. The first-order valence-electron chi connectivity index (χ1n) is 12.0. The number of aromatic amines is 1. The molecule has 36 heavy (non-hydrogen) atoms. The lowest BCUT2D eigenvalue weighted by Crippen LogP contribution is -2.39. The predicted octanol–water partition coefficient (Wildman–Crippen LogP) is 4.09. The summed E-state index contributed by atoms with van der Waals surface area (Å²) in [6.07, 6.45) is 6.99. The van der Waals surface area contributed by atoms with Gasteiger partial charge in [0.2, 0.25) is 5.95 Å². The number of nitrogens with one attached hydrogen (secondary N) is 3. The van der Waals surface area contributed by atoms with Crippen LogP contribution >= 0.6 is 0 Å². The molecule has 6 rings (SSSR count). The largest absolute Gasteiger partial charge is 0.497 e. The lowest BCUT2D eigenvalue weighted by Gasteiger charge is -2.34. The normalized spacial score (nSPS) is 14.3. The molecule has 10 heteroatoms. The summed E-state index contributed by atoms with van der Waals surface area (Å²) in [6.45, 7) is 1.78. The van der Waals surface area contributed by atoms with Gasteiger partial charge in [0.25, 0.3) is 0 Å². The van der Waals surface area contributed by atoms with Crippen LogP contribution in [-0.4, -0.2) is 63.2 Å². The molecule has 0 unspecified atom stereocenters. The lowest BCUT2D eigenvalue weighted by atomic mass is 9.99. The molecule has 0 atom stereocenters. The Hall–Kier alpha value is -4.47. The SMILES string of the molecule is CNc1nccc(-c2cc(NC3CCN(c4ncnc5nc[nH]c45)CC3)c3cc(OC)ccc3c2)n1. The van der Waals surface area contributed by atoms with Crippen molar-refractivity contribution in [3.8, 4) is 17.0 Å². The summed E-state index contributed by atoms with van der Waals surface area (Å²) in [5.74, 6) is 2.34. The molecule has 0 radical (unpaired) electrons. The lowest BCUT2D eigenvalue weighted by molar-refractivity contribution is 0.415. The van der Waals surface area contributed by atoms with Gasteiger partial charge < -0.3 is 25.3 Å². The van der Waals surface area contributed by atoms with Crippen LogP contribution in [0.3, 0.4) is 0 Å². The first-order valence-corrected chi connectivity index (χ1v) is 12.0. The topological polar surface area (TPSA) is 117 Å². The number of imidazole rings is 1. The Labute approximate surface area is 208 Å². The molecule has 0 aliphatic carbocycles. The molecular weight excluding hydrogens is 454 g/mol. The van der Waals surface area contributed by atoms with Crippen molar-refractivity contribution in [3.63, 3.8) is 0 Å². The molecule has 10 nitrogen and oxygen atoms in total. The van der Waals surface area contributed by atoms with Crippen molar-refractivity contribution in [2.45, 2.75) is 18.9 Å². The molecule has 0 bridgehead atoms. The van der Waals surface area contributed by atoms with E-state index in [1.54, 1.807) is 26.0 Å². The smallest absolute Gasteiger partial charge is 0.222 e. The van der Waals surface area contributed by atoms with Crippen molar-refractivity contribution >= 4 is 39.4 Å². The maximum absolute atomic E-state index is 5.52. The monoisotopic (exact) mass is 481 g/mol. The highest BCUT2D eigenvalue weighted by atomic mass is 16.5. The van der Waals surface area contributed by atoms with Crippen LogP contribution in [0.1, 0.15) is 12.8 Å². The Kier molecular flexibility index (Phi) is 5.68. The molecule has 1 aliphatic heterocycles. The fourth-order valence-electron chi connectivity index (χ4n) is 4.82. The number of hydrogen-bond donors (Lipinski definition) is 3. The molecule has 5 aromatic rings. The highest BCUT2D eigenvalue weighted by Gasteiger charge is 2.23. The molecule has 182 valence electrons. The van der Waals surface area contributed by atoms with Crippen LogP contribution in [0, 0.1) is 0 Å². The number of fused-ring (bicyclic) bond motifs is 2. The van der Waals surface area contributed by atoms with Crippen molar-refractivity contribution in [3.05, 3.63) is 55.2 Å². The van der Waals surface area contributed by atoms with E-state index in [-0.39, 0.29) is 0 Å². The van der Waals surface area contributed by atoms with E-state index in [4.69, 9.17) is 4.74 Å². The Bertz CT molecular complexity index is 1520. The molecule has 2 aromatic carbocycles. The summed E-state index contributed by atoms with van der Waals surface area (Å²) in [7, 11) is 3.52. The zero-order valence-electron chi connectivity index (χ0n) is 20.2. The van der Waals surface area contributed by atoms with Gasteiger partial charge in [0.05, 0.1) is 19.1 Å². The fraction of sp³-hybridized carbons (Fsp3) is 0.269. The summed E-state index contributed by atoms with van der Waals surface area (Å²) < 4.78 is 5.52. The third-order valence-electron chi connectivity index (χ3n) is 6.69. The Morgan fingerprint density at radius 1 is 1.03 bits per heavy atom. The summed E-state index contributed by atoms with van der Waals surface area (Å²) in [4.78, 5) is 27.4. The second kappa shape index (κ2) is 9.29. The van der Waals surface area contributed by atoms with Crippen molar-refractivity contribution in [2.24, 2.45) is 0 Å². The maximum atomic E-state index is 5.52. The standard InChI is InChI=1S/C26H27N9O/c1-27-26-28-8-5-21(34-26)17-11-16-3-4-19(36-2)13-20(16)22(12-17)33-18-6-9-35(10-7-18)25-23-24(30-14-29-23)31-15-32-25/h3-5,8,11-15,18,33H,6-7,9-10H2,1-2H3,(H,27,28,34)(H,29,30,31,32). The van der Waals surface area contributed by atoms with E-state index in [1.165, 1.54) is 0 Å². The van der Waals surface area contributed by atoms with Gasteiger partial charge >= 0.3 is 0 Å². The minimum absolute atomic E-state index is 0.322. The average Bonchev–Trinajstić information content (AvgIpc) is 3.42. The number of ether oxygens (including phenoxy) is 1. The van der Waals surface area contributed by atoms with Gasteiger partial charge in [-0.25, -0.2) is 24.9 Å². The summed E-state index contributed by atoms with van der Waals surface area (Å²) in [5.41, 5.74) is 4.57. The molecule has 3 N–H and O–H groups in total. The molecular formula is C26H27N9O. The second-order valence-corrected chi connectivity index (χ2v) is 8.83. The number of nitrogens with zero attached hydrogens (tertiary/aromatic N) is 6. The van der Waals surface area contributed by atoms with Gasteiger partial charge in [-0.3, -0.25) is 0 Å². The summed E-state index contributed by atoms with van der Waals surface area (Å²) >= 11 is 0. The Morgan fingerprint density at radius 2 is 1.92 bits per heavy atom. The molecule has 0 spiro atoms. The molecule has 0 amide bonds. The molecule has 1 aliphatic rings. The van der Waals surface area contributed by atoms with Crippen molar-refractivity contribution in [1.29, 1.82) is 0 Å². The molecule has 3 aromatic heterocycles. The van der Waals surface area contributed by atoms with Crippen LogP contribution < -0.4 is 20.3 Å². The van der Waals surface area contributed by atoms with Gasteiger partial charge in [-0.1, -0.05) is 6.07 Å². The Balaban J connectivity index is 1.29. The van der Waals surface area contributed by atoms with E-state index in [1.807, 2.05) is 19.2 Å². The van der Waals surface area contributed by atoms with Gasteiger partial charge in [0.15, 0.2) is 11.5 Å². The number of H-pyrrole nitrogens is 1. The van der Waals surface area contributed by atoms with E-state index in [9.17, 15) is 0 Å². The van der Waals surface area contributed by atoms with Crippen LogP contribution in [0.4, 0.5) is 17.5 Å². The molecule has 4 heterocycles. The highest BCUT2D eigenvalue weighted by molar-refractivity contribution is 5.98. The number of aromatic nitrogens is 6. The van der Waals surface area contributed by atoms with Crippen LogP contribution in [0.2, 0.25) is 0 Å². The highest BCUT2D eigenvalue weighted by Crippen LogP contribution is 2.34. The van der Waals surface area contributed by atoms with E-state index in [2.05, 4.69) is 69.7 Å². The quantitative estimate of drug-likeness (QED) is 0.330. The first-order chi connectivity index (χ1) is 17.7. The number of methoxy groups -OCH3 is 1. The summed E-state index contributed by atoms with van der Waals surface area (Å²) in [5, 5.41) is 9.10. The maximum Gasteiger partial charge on any atom is 0.222 e. The van der Waals surface area contributed by atoms with E-state index in [0.717, 1.165) is 70.7 Å². The number of anilines is 3. The van der Waals surface area contributed by atoms with Gasteiger partial charge in [-0.2, -0.15) is 0 Å². The number of hydrogen-bond acceptors (Lipinski definition) is 9. The minimum Gasteiger partial charge on any atom is -0.497 e. The van der Waals surface area contributed by atoms with E-state index in [0.29, 0.717) is 17.6 Å². The second-order valence-electron chi connectivity index (χ2n) is 8.83. The molecule has 1 fully saturated rings. The fourth-order valence-corrected chi connectivity index (χ4v) is 4.82. The van der Waals surface area contributed by atoms with Crippen LogP contribution in [0.15, 0.2) is 55.2 Å². The molecule has 0 saturated carbocycles. The van der Waals surface area contributed by atoms with E-state index >= 15 is 0 Å². The van der Waals surface area contributed by atoms with E-state index < -0.39 is 0 Å². The molecule has 1 saturated heterocycles. The van der Waals surface area contributed by atoms with Crippen LogP contribution in [0.5, 0.6) is 5.75 Å². The van der Waals surface area contributed by atoms with Crippen molar-refractivity contribution in [1.82, 2.24) is 29.9 Å². The summed E-state index contributed by atoms with van der Waals surface area (Å²) in [6, 6.07) is 12.8. The van der Waals surface area contributed by atoms with Crippen LogP contribution in [-0.2, 0) is 0 Å². The third-order valence-corrected chi connectivity index (χ3v) is 6.69. The number of benzene rings is 2. The minimum atomic E-state index is 0.322. The predicted molar refractivity (Wildman–Crippen MR) is 142 cm³/mol.